The van der Waals surface area contributed by atoms with Crippen LogP contribution in [-0.2, 0) is 23.9 Å². The molecule has 1 saturated heterocycles. The number of thioether (sulfide) groups is 1. The molecule has 2 aromatic rings. The lowest BCUT2D eigenvalue weighted by Gasteiger charge is -2.13. The Morgan fingerprint density at radius 2 is 1.85 bits per heavy atom. The summed E-state index contributed by atoms with van der Waals surface area (Å²) in [6.45, 7) is 4.68. The summed E-state index contributed by atoms with van der Waals surface area (Å²) in [6, 6.07) is 9.04. The number of rotatable bonds is 12. The number of nitrogens with one attached hydrogen (secondary N) is 1. The van der Waals surface area contributed by atoms with E-state index in [2.05, 4.69) is 5.32 Å². The molecule has 1 fully saturated rings. The lowest BCUT2D eigenvalue weighted by atomic mass is 10.2. The maximum Gasteiger partial charge on any atom is 0.344 e. The van der Waals surface area contributed by atoms with Gasteiger partial charge in [-0.25, -0.2) is 9.59 Å². The van der Waals surface area contributed by atoms with Crippen molar-refractivity contribution in [3.63, 3.8) is 0 Å². The molecular weight excluding hydrogens is 576 g/mol. The van der Waals surface area contributed by atoms with Gasteiger partial charge in [-0.05, 0) is 74.0 Å². The summed E-state index contributed by atoms with van der Waals surface area (Å²) < 4.78 is 20.9. The van der Waals surface area contributed by atoms with E-state index in [-0.39, 0.29) is 40.5 Å². The van der Waals surface area contributed by atoms with Crippen molar-refractivity contribution in [2.24, 2.45) is 0 Å². The maximum atomic E-state index is 12.9. The number of nitrogens with zero attached hydrogens (tertiary/aromatic N) is 1. The molecule has 3 amide bonds. The zero-order chi connectivity index (χ0) is 30.1. The smallest absolute Gasteiger partial charge is 0.344 e. The topological polar surface area (TPSA) is 138 Å². The normalized spacial score (nSPS) is 13.9. The molecule has 11 nitrogen and oxygen atoms in total. The van der Waals surface area contributed by atoms with Crippen LogP contribution in [0.3, 0.4) is 0 Å². The number of imide groups is 1. The predicted molar refractivity (Wildman–Crippen MR) is 153 cm³/mol. The molecule has 2 aromatic carbocycles. The molecule has 1 heterocycles. The van der Waals surface area contributed by atoms with Gasteiger partial charge in [0.2, 0.25) is 5.91 Å². The molecule has 1 aliphatic heterocycles. The molecule has 0 radical (unpaired) electrons. The van der Waals surface area contributed by atoms with Gasteiger partial charge >= 0.3 is 11.9 Å². The fraction of sp³-hybridized carbons (Fsp3) is 0.321. The lowest BCUT2D eigenvalue weighted by Crippen LogP contribution is -2.36. The van der Waals surface area contributed by atoms with Crippen LogP contribution in [0.1, 0.15) is 43.1 Å². The molecule has 1 aliphatic rings. The molecule has 0 bridgehead atoms. The molecule has 0 aromatic heterocycles. The molecule has 3 rings (SSSR count). The highest BCUT2D eigenvalue weighted by Crippen LogP contribution is 2.34. The fourth-order valence-electron chi connectivity index (χ4n) is 3.49. The number of amides is 3. The standard InChI is InChI=1S/C28H29ClN2O9S/c1-5-10-38-27(35)19-13-18(7-8-20(19)29)30-24(32)14-31-26(34)23(41-28(31)36)12-17-6-9-21(22(11-17)37-4)39-15-25(33)40-16(2)3/h6-9,11-13,16H,5,10,14-15H2,1-4H3,(H,30,32)/b23-12-. The molecule has 0 aliphatic carbocycles. The SMILES string of the molecule is CCCOC(=O)c1cc(NC(=O)CN2C(=O)S/C(=C\c3ccc(OCC(=O)OC(C)C)c(OC)c3)C2=O)ccc1Cl. The number of halogens is 1. The van der Waals surface area contributed by atoms with Crippen molar-refractivity contribution >= 4 is 64.1 Å². The van der Waals surface area contributed by atoms with E-state index in [0.29, 0.717) is 35.2 Å². The summed E-state index contributed by atoms with van der Waals surface area (Å²) in [6.07, 6.45) is 1.84. The van der Waals surface area contributed by atoms with Crippen molar-refractivity contribution in [1.29, 1.82) is 0 Å². The van der Waals surface area contributed by atoms with Gasteiger partial charge in [0.15, 0.2) is 18.1 Å². The van der Waals surface area contributed by atoms with Crippen LogP contribution in [0.5, 0.6) is 11.5 Å². The van der Waals surface area contributed by atoms with Crippen molar-refractivity contribution < 1.29 is 42.9 Å². The lowest BCUT2D eigenvalue weighted by molar-refractivity contribution is -0.149. The van der Waals surface area contributed by atoms with Gasteiger partial charge in [0, 0.05) is 5.69 Å². The number of benzene rings is 2. The number of hydrogen-bond donors (Lipinski definition) is 1. The average molecular weight is 605 g/mol. The van der Waals surface area contributed by atoms with E-state index in [9.17, 15) is 24.0 Å². The highest BCUT2D eigenvalue weighted by atomic mass is 35.5. The van der Waals surface area contributed by atoms with Gasteiger partial charge in [-0.1, -0.05) is 24.6 Å². The fourth-order valence-corrected chi connectivity index (χ4v) is 4.52. The quantitative estimate of drug-likeness (QED) is 0.262. The Bertz CT molecular complexity index is 1380. The van der Waals surface area contributed by atoms with Gasteiger partial charge in [-0.2, -0.15) is 0 Å². The Kier molecular flexibility index (Phi) is 11.2. The second-order valence-electron chi connectivity index (χ2n) is 8.88. The Hall–Kier alpha value is -4.03. The predicted octanol–water partition coefficient (Wildman–Crippen LogP) is 4.92. The van der Waals surface area contributed by atoms with Crippen LogP contribution < -0.4 is 14.8 Å². The first-order valence-corrected chi connectivity index (χ1v) is 13.7. The van der Waals surface area contributed by atoms with E-state index < -0.39 is 35.5 Å². The van der Waals surface area contributed by atoms with Crippen LogP contribution in [0.2, 0.25) is 5.02 Å². The van der Waals surface area contributed by atoms with E-state index in [1.165, 1.54) is 31.4 Å². The van der Waals surface area contributed by atoms with Crippen LogP contribution in [-0.4, -0.2) is 66.9 Å². The molecule has 13 heteroatoms. The summed E-state index contributed by atoms with van der Waals surface area (Å²) in [5.74, 6) is -1.87. The zero-order valence-electron chi connectivity index (χ0n) is 22.9. The van der Waals surface area contributed by atoms with Crippen molar-refractivity contribution in [2.45, 2.75) is 33.3 Å². The van der Waals surface area contributed by atoms with Crippen molar-refractivity contribution in [3.05, 3.63) is 57.5 Å². The minimum Gasteiger partial charge on any atom is -0.493 e. The number of esters is 2. The average Bonchev–Trinajstić information content (AvgIpc) is 3.18. The van der Waals surface area contributed by atoms with Gasteiger partial charge in [-0.3, -0.25) is 19.3 Å². The highest BCUT2D eigenvalue weighted by Gasteiger charge is 2.36. The largest absolute Gasteiger partial charge is 0.493 e. The third kappa shape index (κ3) is 8.73. The Labute approximate surface area is 246 Å². The van der Waals surface area contributed by atoms with E-state index in [0.717, 1.165) is 4.90 Å². The zero-order valence-corrected chi connectivity index (χ0v) is 24.4. The number of methoxy groups -OCH3 is 1. The van der Waals surface area contributed by atoms with Gasteiger partial charge in [-0.15, -0.1) is 0 Å². The van der Waals surface area contributed by atoms with Crippen molar-refractivity contribution in [1.82, 2.24) is 4.90 Å². The Balaban J connectivity index is 1.66. The third-order valence-corrected chi connectivity index (χ3v) is 6.52. The van der Waals surface area contributed by atoms with E-state index in [1.54, 1.807) is 32.0 Å². The van der Waals surface area contributed by atoms with Crippen LogP contribution in [0.15, 0.2) is 41.3 Å². The van der Waals surface area contributed by atoms with E-state index >= 15 is 0 Å². The van der Waals surface area contributed by atoms with Gasteiger partial charge in [0.1, 0.15) is 6.54 Å². The molecule has 0 unspecified atom stereocenters. The summed E-state index contributed by atoms with van der Waals surface area (Å²) >= 11 is 6.77. The molecule has 41 heavy (non-hydrogen) atoms. The second kappa shape index (κ2) is 14.6. The van der Waals surface area contributed by atoms with Gasteiger partial charge in [0.25, 0.3) is 11.1 Å². The second-order valence-corrected chi connectivity index (χ2v) is 10.3. The first-order valence-electron chi connectivity index (χ1n) is 12.5. The van der Waals surface area contributed by atoms with Crippen molar-refractivity contribution in [3.8, 4) is 11.5 Å². The molecule has 1 N–H and O–H groups in total. The minimum absolute atomic E-state index is 0.0781. The third-order valence-electron chi connectivity index (χ3n) is 5.28. The molecule has 0 saturated carbocycles. The Morgan fingerprint density at radius 3 is 2.54 bits per heavy atom. The maximum absolute atomic E-state index is 12.9. The first kappa shape index (κ1) is 31.5. The monoisotopic (exact) mass is 604 g/mol. The first-order chi connectivity index (χ1) is 19.5. The number of carbonyl (C=O) groups excluding carboxylic acids is 5. The van der Waals surface area contributed by atoms with Gasteiger partial charge < -0.3 is 24.3 Å². The number of hydrogen-bond acceptors (Lipinski definition) is 10. The van der Waals surface area contributed by atoms with Crippen LogP contribution >= 0.6 is 23.4 Å². The number of carbonyl (C=O) groups is 5. The minimum atomic E-state index is -0.650. The van der Waals surface area contributed by atoms with Gasteiger partial charge in [0.05, 0.1) is 35.3 Å². The summed E-state index contributed by atoms with van der Waals surface area (Å²) in [7, 11) is 1.42. The number of ether oxygens (including phenoxy) is 4. The Morgan fingerprint density at radius 1 is 1.10 bits per heavy atom. The highest BCUT2D eigenvalue weighted by molar-refractivity contribution is 8.18. The van der Waals surface area contributed by atoms with E-state index in [1.807, 2.05) is 6.92 Å². The van der Waals surface area contributed by atoms with Crippen LogP contribution in [0.4, 0.5) is 10.5 Å². The van der Waals surface area contributed by atoms with Crippen molar-refractivity contribution in [2.75, 3.05) is 32.2 Å². The van der Waals surface area contributed by atoms with Crippen LogP contribution in [0.25, 0.3) is 6.08 Å². The molecule has 0 spiro atoms. The summed E-state index contributed by atoms with van der Waals surface area (Å²) in [4.78, 5) is 63.0. The van der Waals surface area contributed by atoms with Crippen LogP contribution in [0, 0.1) is 0 Å². The molecular formula is C28H29ClN2O9S. The summed E-state index contributed by atoms with van der Waals surface area (Å²) in [5, 5.41) is 2.10. The van der Waals surface area contributed by atoms with E-state index in [4.69, 9.17) is 30.5 Å². The molecule has 0 atom stereocenters. The summed E-state index contributed by atoms with van der Waals surface area (Å²) in [5.41, 5.74) is 0.851. The number of anilines is 1. The molecule has 218 valence electrons.